The number of anilines is 1. The largest absolute Gasteiger partial charge is 0.481 e. The van der Waals surface area contributed by atoms with E-state index in [9.17, 15) is 20.0 Å². The van der Waals surface area contributed by atoms with Crippen molar-refractivity contribution in [1.29, 1.82) is 0 Å². The van der Waals surface area contributed by atoms with E-state index in [2.05, 4.69) is 0 Å². The topological polar surface area (TPSA) is 106 Å². The first-order valence-electron chi connectivity index (χ1n) is 5.60. The number of benzene rings is 1. The Hall–Kier alpha value is -2.11. The second kappa shape index (κ2) is 5.48. The lowest BCUT2D eigenvalue weighted by Gasteiger charge is -2.16. The maximum atomic E-state index is 11.2. The zero-order valence-electron chi connectivity index (χ0n) is 10.3. The van der Waals surface area contributed by atoms with Gasteiger partial charge in [0.25, 0.3) is 5.69 Å². The first kappa shape index (κ1) is 14.0. The van der Waals surface area contributed by atoms with E-state index in [0.29, 0.717) is 12.0 Å². The Balaban J connectivity index is 3.24. The van der Waals surface area contributed by atoms with Crippen molar-refractivity contribution in [3.63, 3.8) is 0 Å². The summed E-state index contributed by atoms with van der Waals surface area (Å²) in [5.74, 6) is -1.68. The number of nitrogens with zero attached hydrogens (tertiary/aromatic N) is 1. The molecule has 98 valence electrons. The van der Waals surface area contributed by atoms with Crippen LogP contribution in [0.15, 0.2) is 18.2 Å². The van der Waals surface area contributed by atoms with E-state index < -0.39 is 16.8 Å². The summed E-state index contributed by atoms with van der Waals surface area (Å²) in [5, 5.41) is 20.0. The quantitative estimate of drug-likeness (QED) is 0.475. The fourth-order valence-corrected chi connectivity index (χ4v) is 1.87. The van der Waals surface area contributed by atoms with Gasteiger partial charge in [0.2, 0.25) is 0 Å². The molecule has 0 bridgehead atoms. The lowest BCUT2D eigenvalue weighted by Crippen LogP contribution is -2.16. The third kappa shape index (κ3) is 2.97. The molecule has 0 spiro atoms. The normalized spacial score (nSPS) is 12.4. The zero-order valence-corrected chi connectivity index (χ0v) is 10.3. The van der Waals surface area contributed by atoms with Gasteiger partial charge in [-0.25, -0.2) is 0 Å². The van der Waals surface area contributed by atoms with Crippen LogP contribution < -0.4 is 5.73 Å². The highest BCUT2D eigenvalue weighted by Crippen LogP contribution is 2.33. The molecule has 0 aliphatic heterocycles. The van der Waals surface area contributed by atoms with E-state index in [1.165, 1.54) is 18.2 Å². The smallest absolute Gasteiger partial charge is 0.311 e. The van der Waals surface area contributed by atoms with Crippen molar-refractivity contribution < 1.29 is 14.8 Å². The van der Waals surface area contributed by atoms with Gasteiger partial charge in [0.1, 0.15) is 5.69 Å². The van der Waals surface area contributed by atoms with Crippen molar-refractivity contribution in [2.24, 2.45) is 5.92 Å². The highest BCUT2D eigenvalue weighted by atomic mass is 16.6. The molecule has 1 unspecified atom stereocenters. The number of carbonyl (C=O) groups is 1. The molecule has 1 rings (SSSR count). The minimum Gasteiger partial charge on any atom is -0.481 e. The van der Waals surface area contributed by atoms with E-state index in [-0.39, 0.29) is 17.3 Å². The van der Waals surface area contributed by atoms with Crippen molar-refractivity contribution in [2.75, 3.05) is 5.73 Å². The molecule has 0 aliphatic carbocycles. The number of hydrogen-bond donors (Lipinski definition) is 2. The van der Waals surface area contributed by atoms with Gasteiger partial charge < -0.3 is 10.8 Å². The van der Waals surface area contributed by atoms with Gasteiger partial charge in [-0.15, -0.1) is 0 Å². The third-order valence-electron chi connectivity index (χ3n) is 2.69. The highest BCUT2D eigenvalue weighted by Gasteiger charge is 2.26. The Bertz CT molecular complexity index is 471. The number of nitrogen functional groups attached to an aromatic ring is 1. The molecule has 0 fully saturated rings. The molecule has 6 nitrogen and oxygen atoms in total. The number of para-hydroxylation sites is 1. The van der Waals surface area contributed by atoms with Crippen molar-refractivity contribution in [1.82, 2.24) is 0 Å². The molecule has 1 atom stereocenters. The summed E-state index contributed by atoms with van der Waals surface area (Å²) in [6.45, 7) is 3.78. The second-order valence-electron chi connectivity index (χ2n) is 4.56. The van der Waals surface area contributed by atoms with Gasteiger partial charge in [0, 0.05) is 6.07 Å². The summed E-state index contributed by atoms with van der Waals surface area (Å²) in [6, 6.07) is 4.26. The van der Waals surface area contributed by atoms with E-state index in [1.807, 2.05) is 13.8 Å². The summed E-state index contributed by atoms with van der Waals surface area (Å²) in [4.78, 5) is 21.4. The van der Waals surface area contributed by atoms with Crippen LogP contribution in [-0.4, -0.2) is 16.0 Å². The third-order valence-corrected chi connectivity index (χ3v) is 2.69. The molecule has 3 N–H and O–H groups in total. The number of nitro benzene ring substituents is 1. The van der Waals surface area contributed by atoms with Crippen LogP contribution in [0.4, 0.5) is 11.4 Å². The summed E-state index contributed by atoms with van der Waals surface area (Å²) in [5.41, 5.74) is 5.70. The lowest BCUT2D eigenvalue weighted by atomic mass is 9.89. The molecule has 18 heavy (non-hydrogen) atoms. The van der Waals surface area contributed by atoms with Crippen LogP contribution in [0.2, 0.25) is 0 Å². The van der Waals surface area contributed by atoms with Gasteiger partial charge in [-0.2, -0.15) is 0 Å². The summed E-state index contributed by atoms with van der Waals surface area (Å²) < 4.78 is 0. The Kier molecular flexibility index (Phi) is 4.25. The van der Waals surface area contributed by atoms with Crippen molar-refractivity contribution in [3.8, 4) is 0 Å². The van der Waals surface area contributed by atoms with Gasteiger partial charge in [0.15, 0.2) is 0 Å². The van der Waals surface area contributed by atoms with Crippen LogP contribution in [0.5, 0.6) is 0 Å². The molecule has 1 aromatic carbocycles. The molecular weight excluding hydrogens is 236 g/mol. The summed E-state index contributed by atoms with van der Waals surface area (Å²) in [6.07, 6.45) is 0.390. The molecule has 0 heterocycles. The molecule has 1 aromatic rings. The van der Waals surface area contributed by atoms with Crippen LogP contribution in [-0.2, 0) is 4.79 Å². The number of nitrogens with two attached hydrogens (primary N) is 1. The standard InChI is InChI=1S/C12H16N2O4/c1-7(2)6-9(12(15)16)8-4-3-5-10(11(8)13)14(17)18/h3-5,7,9H,6,13H2,1-2H3,(H,15,16). The first-order valence-corrected chi connectivity index (χ1v) is 5.60. The molecule has 0 saturated carbocycles. The predicted molar refractivity (Wildman–Crippen MR) is 67.3 cm³/mol. The number of hydrogen-bond acceptors (Lipinski definition) is 4. The lowest BCUT2D eigenvalue weighted by molar-refractivity contribution is -0.383. The maximum absolute atomic E-state index is 11.2. The van der Waals surface area contributed by atoms with Crippen molar-refractivity contribution >= 4 is 17.3 Å². The molecule has 6 heteroatoms. The van der Waals surface area contributed by atoms with Gasteiger partial charge >= 0.3 is 5.97 Å². The molecule has 0 aromatic heterocycles. The van der Waals surface area contributed by atoms with Gasteiger partial charge in [-0.1, -0.05) is 26.0 Å². The second-order valence-corrected chi connectivity index (χ2v) is 4.56. The van der Waals surface area contributed by atoms with Crippen LogP contribution in [0, 0.1) is 16.0 Å². The Morgan fingerprint density at radius 2 is 2.11 bits per heavy atom. The summed E-state index contributed by atoms with van der Waals surface area (Å²) in [7, 11) is 0. The van der Waals surface area contributed by atoms with Crippen LogP contribution in [0.3, 0.4) is 0 Å². The molecule has 0 radical (unpaired) electrons. The maximum Gasteiger partial charge on any atom is 0.311 e. The van der Waals surface area contributed by atoms with Gasteiger partial charge in [-0.05, 0) is 17.9 Å². The SMILES string of the molecule is CC(C)CC(C(=O)O)c1cccc([N+](=O)[O-])c1N. The van der Waals surface area contributed by atoms with Crippen molar-refractivity contribution in [3.05, 3.63) is 33.9 Å². The number of nitro groups is 1. The van der Waals surface area contributed by atoms with E-state index in [0.717, 1.165) is 0 Å². The fourth-order valence-electron chi connectivity index (χ4n) is 1.87. The monoisotopic (exact) mass is 252 g/mol. The first-order chi connectivity index (χ1) is 8.34. The number of carboxylic acids is 1. The van der Waals surface area contributed by atoms with Crippen LogP contribution in [0.1, 0.15) is 31.7 Å². The Labute approximate surface area is 105 Å². The van der Waals surface area contributed by atoms with E-state index in [4.69, 9.17) is 5.73 Å². The van der Waals surface area contributed by atoms with Crippen LogP contribution in [0.25, 0.3) is 0 Å². The molecular formula is C12H16N2O4. The fraction of sp³-hybridized carbons (Fsp3) is 0.417. The number of aliphatic carboxylic acids is 1. The van der Waals surface area contributed by atoms with Gasteiger partial charge in [0.05, 0.1) is 10.8 Å². The van der Waals surface area contributed by atoms with Crippen molar-refractivity contribution in [2.45, 2.75) is 26.2 Å². The van der Waals surface area contributed by atoms with Crippen LogP contribution >= 0.6 is 0 Å². The summed E-state index contributed by atoms with van der Waals surface area (Å²) >= 11 is 0. The zero-order chi connectivity index (χ0) is 13.9. The van der Waals surface area contributed by atoms with E-state index in [1.54, 1.807) is 0 Å². The molecule has 0 saturated heterocycles. The van der Waals surface area contributed by atoms with E-state index >= 15 is 0 Å². The Morgan fingerprint density at radius 1 is 1.50 bits per heavy atom. The number of rotatable bonds is 5. The predicted octanol–water partition coefficient (Wildman–Crippen LogP) is 2.39. The average molecular weight is 252 g/mol. The van der Waals surface area contributed by atoms with Gasteiger partial charge in [-0.3, -0.25) is 14.9 Å². The Morgan fingerprint density at radius 3 is 2.56 bits per heavy atom. The minimum atomic E-state index is -1.02. The highest BCUT2D eigenvalue weighted by molar-refractivity contribution is 5.80. The molecule has 0 aliphatic rings. The minimum absolute atomic E-state index is 0.0597. The molecule has 0 amide bonds. The average Bonchev–Trinajstić information content (AvgIpc) is 2.25. The number of carboxylic acid groups (broad SMARTS) is 1.